The standard InChI is InChI=1S/C33H29ClN2O8.C25H27ClN2O6.C23H21ClO6.C10H10N2O3.ClH/c1-40-23-11-7-21(8-12-23)19-42-28-16-15-27(29(34)30(28)43-20-22-9-13-24(41-2)14-10-22)31(37)35-17-18-44-36-32(38)25-5-3-4-6-26(25)33(36)39;1-30-19-7-3-17(4-8-19)15-32-22-12-11-21(25(29)28-13-14-34-27)23(26)24(22)33-16-18-5-9-20(31-2)10-6-18;1-27-17-7-3-15(4-8-17)13-29-20-12-11-19(23(25)26)21(24)22(20)30-14-16-5-9-18(28-2)10-6-16;11-5-6-15-12-9(13)7-3-1-2-4-8(7)10(12)14;/h3-16H,17-20H2,1-2H3,(H,35,37);3-12H,13-16,27H2,1-2H3,(H,28,29);3-12H,13-14H2,1-2H3,(H,25,26);1-4H,5-6,11H2;1H. The number of nitrogens with two attached hydrogens (primary N) is 2. The minimum absolute atomic E-state index is 0. The van der Waals surface area contributed by atoms with Gasteiger partial charge in [0.15, 0.2) is 34.5 Å². The fourth-order valence-electron chi connectivity index (χ4n) is 11.6. The minimum Gasteiger partial charge on any atom is -0.497 e. The van der Waals surface area contributed by atoms with E-state index in [9.17, 15) is 38.7 Å². The Hall–Kier alpha value is -13.3. The van der Waals surface area contributed by atoms with Crippen LogP contribution < -0.4 is 79.1 Å². The van der Waals surface area contributed by atoms with Crippen LogP contribution in [-0.4, -0.2) is 139 Å². The molecule has 2 heterocycles. The zero-order chi connectivity index (χ0) is 87.7. The van der Waals surface area contributed by atoms with Gasteiger partial charge in [-0.1, -0.05) is 132 Å². The van der Waals surface area contributed by atoms with Gasteiger partial charge in [0.2, 0.25) is 0 Å². The summed E-state index contributed by atoms with van der Waals surface area (Å²) in [6.45, 7) is 2.00. The van der Waals surface area contributed by atoms with Gasteiger partial charge in [0.25, 0.3) is 35.4 Å². The molecule has 11 aromatic carbocycles. The van der Waals surface area contributed by atoms with Crippen molar-refractivity contribution in [3.8, 4) is 69.0 Å². The monoisotopic (exact) mass is 1770 g/mol. The molecule has 13 rings (SSSR count). The molecule has 0 atom stereocenters. The number of carboxylic acids is 1. The van der Waals surface area contributed by atoms with Crippen molar-refractivity contribution in [2.75, 3.05) is 82.1 Å². The summed E-state index contributed by atoms with van der Waals surface area (Å²) in [6.07, 6.45) is 0. The number of carbonyl (C=O) groups is 7. The van der Waals surface area contributed by atoms with Crippen LogP contribution in [0, 0.1) is 0 Å². The second kappa shape index (κ2) is 47.8. The summed E-state index contributed by atoms with van der Waals surface area (Å²) in [5.41, 5.74) is 12.2. The van der Waals surface area contributed by atoms with Crippen LogP contribution >= 0.6 is 47.2 Å². The maximum absolute atomic E-state index is 13.1. The van der Waals surface area contributed by atoms with E-state index in [2.05, 4.69) is 15.5 Å². The first kappa shape index (κ1) is 94.5. The number of aromatic carboxylic acids is 1. The first-order valence-corrected chi connectivity index (χ1v) is 38.9. The number of fused-ring (bicyclic) bond motifs is 2. The van der Waals surface area contributed by atoms with Gasteiger partial charge in [-0.3, -0.25) is 38.4 Å². The highest BCUT2D eigenvalue weighted by atomic mass is 35.5. The molecule has 0 spiro atoms. The number of ether oxygens (including phenoxy) is 12. The number of imide groups is 2. The third-order valence-corrected chi connectivity index (χ3v) is 19.3. The van der Waals surface area contributed by atoms with E-state index in [1.54, 1.807) is 115 Å². The van der Waals surface area contributed by atoms with Gasteiger partial charge in [-0.2, -0.15) is 0 Å². The number of methoxy groups -OCH3 is 6. The number of halogens is 4. The van der Waals surface area contributed by atoms with Crippen molar-refractivity contribution < 1.29 is 110 Å². The molecule has 0 bridgehead atoms. The largest absolute Gasteiger partial charge is 0.497 e. The van der Waals surface area contributed by atoms with Crippen LogP contribution in [0.4, 0.5) is 0 Å². The number of rotatable bonds is 37. The molecule has 11 aromatic rings. The van der Waals surface area contributed by atoms with E-state index in [0.29, 0.717) is 39.2 Å². The van der Waals surface area contributed by atoms with E-state index < -0.39 is 35.5 Å². The second-order valence-electron chi connectivity index (χ2n) is 26.1. The van der Waals surface area contributed by atoms with Crippen molar-refractivity contribution >= 4 is 88.6 Å². The summed E-state index contributed by atoms with van der Waals surface area (Å²) in [5, 5.41) is 16.4. The molecule has 0 aliphatic carbocycles. The number of carbonyl (C=O) groups excluding carboxylic acids is 6. The van der Waals surface area contributed by atoms with E-state index in [1.807, 2.05) is 146 Å². The smallest absolute Gasteiger partial charge is 0.337 e. The molecule has 2 aliphatic heterocycles. The second-order valence-corrected chi connectivity index (χ2v) is 27.3. The van der Waals surface area contributed by atoms with E-state index in [0.717, 1.165) is 67.2 Å². The maximum atomic E-state index is 13.1. The van der Waals surface area contributed by atoms with E-state index in [-0.39, 0.29) is 158 Å². The Morgan fingerprint density at radius 2 is 0.581 bits per heavy atom. The Morgan fingerprint density at radius 3 is 0.831 bits per heavy atom. The Balaban J connectivity index is 0.000000196. The lowest BCUT2D eigenvalue weighted by atomic mass is 10.1. The molecule has 124 heavy (non-hydrogen) atoms. The van der Waals surface area contributed by atoms with Gasteiger partial charge in [0.1, 0.15) is 79.2 Å². The first-order valence-electron chi connectivity index (χ1n) is 37.8. The molecule has 0 radical (unpaired) electrons. The van der Waals surface area contributed by atoms with Crippen molar-refractivity contribution in [1.29, 1.82) is 0 Å². The van der Waals surface area contributed by atoms with Crippen LogP contribution in [0.15, 0.2) is 231 Å². The highest BCUT2D eigenvalue weighted by Crippen LogP contribution is 2.43. The highest BCUT2D eigenvalue weighted by molar-refractivity contribution is 6.36. The number of benzene rings is 11. The molecule has 0 aromatic heterocycles. The zero-order valence-corrected chi connectivity index (χ0v) is 71.0. The third kappa shape index (κ3) is 25.6. The maximum Gasteiger partial charge on any atom is 0.337 e. The van der Waals surface area contributed by atoms with Crippen molar-refractivity contribution in [2.45, 2.75) is 39.6 Å². The SMILES string of the molecule is COc1ccc(COc2ccc(C(=O)NCCON)c(Cl)c2OCc2ccc(OC)cc2)cc1.COc1ccc(COc2ccc(C(=O)NCCON3C(=O)c4ccccc4C3=O)c(Cl)c2OCc2ccc(OC)cc2)cc1.COc1ccc(COc2ccc(C(=O)O)c(Cl)c2OCc2ccc(OC)cc2)cc1.Cl.NCCON1C(=O)c2ccccc2C1=O. The number of amides is 6. The Kier molecular flexibility index (Phi) is 36.4. The Labute approximate surface area is 735 Å². The molecule has 29 nitrogen and oxygen atoms in total. The highest BCUT2D eigenvalue weighted by Gasteiger charge is 2.38. The lowest BCUT2D eigenvalue weighted by Gasteiger charge is -2.17. The van der Waals surface area contributed by atoms with Crippen molar-refractivity contribution in [1.82, 2.24) is 20.8 Å². The molecule has 0 saturated carbocycles. The predicted octanol–water partition coefficient (Wildman–Crippen LogP) is 15.4. The molecule has 0 saturated heterocycles. The van der Waals surface area contributed by atoms with Gasteiger partial charge >= 0.3 is 5.97 Å². The van der Waals surface area contributed by atoms with Crippen LogP contribution in [0.3, 0.4) is 0 Å². The van der Waals surface area contributed by atoms with E-state index in [4.69, 9.17) is 113 Å². The molecule has 2 aliphatic rings. The summed E-state index contributed by atoms with van der Waals surface area (Å²) in [6, 6.07) is 66.9. The zero-order valence-electron chi connectivity index (χ0n) is 67.9. The average Bonchev–Trinajstić information content (AvgIpc) is 1.60. The van der Waals surface area contributed by atoms with Crippen LogP contribution in [0.25, 0.3) is 0 Å². The van der Waals surface area contributed by atoms with Gasteiger partial charge in [0.05, 0.1) is 111 Å². The van der Waals surface area contributed by atoms with Crippen molar-refractivity contribution in [2.24, 2.45) is 11.6 Å². The van der Waals surface area contributed by atoms with E-state index in [1.165, 1.54) is 12.1 Å². The van der Waals surface area contributed by atoms with Crippen LogP contribution in [0.5, 0.6) is 69.0 Å². The van der Waals surface area contributed by atoms with Crippen molar-refractivity contribution in [3.63, 3.8) is 0 Å². The molecule has 6 amide bonds. The molecule has 7 N–H and O–H groups in total. The summed E-state index contributed by atoms with van der Waals surface area (Å²) in [7, 11) is 9.60. The van der Waals surface area contributed by atoms with E-state index >= 15 is 0 Å². The Morgan fingerprint density at radius 1 is 0.339 bits per heavy atom. The van der Waals surface area contributed by atoms with Crippen LogP contribution in [-0.2, 0) is 54.2 Å². The molecule has 33 heteroatoms. The van der Waals surface area contributed by atoms with Crippen molar-refractivity contribution in [3.05, 3.63) is 318 Å². The topological polar surface area (TPSA) is 361 Å². The average molecular weight is 1780 g/mol. The molecular weight excluding hydrogens is 1690 g/mol. The predicted molar refractivity (Wildman–Crippen MR) is 462 cm³/mol. The quantitative estimate of drug-likeness (QED) is 0.0137. The van der Waals surface area contributed by atoms with Gasteiger partial charge in [-0.25, -0.2) is 10.7 Å². The van der Waals surface area contributed by atoms with Gasteiger partial charge in [-0.05, 0) is 167 Å². The third-order valence-electron chi connectivity index (χ3n) is 18.2. The fourth-order valence-corrected chi connectivity index (χ4v) is 12.5. The number of hydrogen-bond acceptors (Lipinski definition) is 24. The number of hydrogen-bond donors (Lipinski definition) is 5. The van der Waals surface area contributed by atoms with Gasteiger partial charge in [0, 0.05) is 19.6 Å². The summed E-state index contributed by atoms with van der Waals surface area (Å²) in [4.78, 5) is 100. The molecule has 0 fully saturated rings. The molecule has 648 valence electrons. The lowest BCUT2D eigenvalue weighted by Crippen LogP contribution is -2.34. The number of nitrogens with zero attached hydrogens (tertiary/aromatic N) is 2. The molecule has 0 unspecified atom stereocenters. The lowest BCUT2D eigenvalue weighted by molar-refractivity contribution is -0.0893. The first-order chi connectivity index (χ1) is 59.7. The molecular formula is C91H88Cl4N6O23. The normalized spacial score (nSPS) is 11.4. The van der Waals surface area contributed by atoms with Crippen LogP contribution in [0.2, 0.25) is 15.1 Å². The number of carboxylic acid groups (broad SMARTS) is 1. The Bertz CT molecular complexity index is 5360. The fraction of sp³-hybridized carbons (Fsp3) is 0.198. The minimum atomic E-state index is -1.14. The summed E-state index contributed by atoms with van der Waals surface area (Å²) < 4.78 is 67.0. The number of hydroxylamine groups is 4. The van der Waals surface area contributed by atoms with Gasteiger partial charge in [-0.15, -0.1) is 22.5 Å². The number of nitrogens with one attached hydrogen (secondary N) is 2. The van der Waals surface area contributed by atoms with Gasteiger partial charge < -0.3 is 83.2 Å². The summed E-state index contributed by atoms with van der Waals surface area (Å²) >= 11 is 19.6. The summed E-state index contributed by atoms with van der Waals surface area (Å²) in [5.74, 6) is 7.21. The van der Waals surface area contributed by atoms with Crippen LogP contribution in [0.1, 0.15) is 106 Å².